The Balaban J connectivity index is 1.80. The van der Waals surface area contributed by atoms with E-state index in [0.29, 0.717) is 24.0 Å². The van der Waals surface area contributed by atoms with E-state index < -0.39 is 5.41 Å². The predicted octanol–water partition coefficient (Wildman–Crippen LogP) is 0.323. The molecule has 0 aromatic carbocycles. The smallest absolute Gasteiger partial charge is 0.236 e. The second-order valence-corrected chi connectivity index (χ2v) is 6.07. The van der Waals surface area contributed by atoms with Crippen molar-refractivity contribution in [2.75, 3.05) is 6.54 Å². The van der Waals surface area contributed by atoms with Gasteiger partial charge in [0.1, 0.15) is 6.33 Å². The van der Waals surface area contributed by atoms with Crippen molar-refractivity contribution in [1.82, 2.24) is 19.7 Å². The molecule has 1 aromatic heterocycles. The molecule has 0 saturated heterocycles. The minimum absolute atomic E-state index is 0.0624. The Kier molecular flexibility index (Phi) is 2.81. The lowest BCUT2D eigenvalue weighted by atomic mass is 9.61. The zero-order valence-electron chi connectivity index (χ0n) is 10.9. The molecular formula is C12H17N5OS. The summed E-state index contributed by atoms with van der Waals surface area (Å²) < 4.78 is 1.97. The van der Waals surface area contributed by atoms with Gasteiger partial charge in [-0.25, -0.2) is 0 Å². The van der Waals surface area contributed by atoms with Crippen molar-refractivity contribution < 1.29 is 4.79 Å². The molecule has 7 heteroatoms. The lowest BCUT2D eigenvalue weighted by Gasteiger charge is -2.47. The van der Waals surface area contributed by atoms with Crippen molar-refractivity contribution in [2.24, 2.45) is 17.1 Å². The fraction of sp³-hybridized carbons (Fsp3) is 0.667. The SMILES string of the molecule is CC1CC(C(=O)N2CCn3cnnc3C2)(C(N)=S)C1. The van der Waals surface area contributed by atoms with Crippen molar-refractivity contribution in [1.29, 1.82) is 0 Å². The van der Waals surface area contributed by atoms with E-state index in [0.717, 1.165) is 25.2 Å². The molecule has 6 nitrogen and oxygen atoms in total. The van der Waals surface area contributed by atoms with Gasteiger partial charge in [0, 0.05) is 13.1 Å². The van der Waals surface area contributed by atoms with Gasteiger partial charge in [0.2, 0.25) is 5.91 Å². The quantitative estimate of drug-likeness (QED) is 0.789. The summed E-state index contributed by atoms with van der Waals surface area (Å²) in [7, 11) is 0. The van der Waals surface area contributed by atoms with E-state index in [9.17, 15) is 4.79 Å². The number of carbonyl (C=O) groups is 1. The van der Waals surface area contributed by atoms with E-state index in [1.54, 1.807) is 6.33 Å². The van der Waals surface area contributed by atoms with Crippen LogP contribution in [0.2, 0.25) is 0 Å². The topological polar surface area (TPSA) is 77.0 Å². The molecule has 3 rings (SSSR count). The molecule has 1 aliphatic heterocycles. The Morgan fingerprint density at radius 3 is 2.89 bits per heavy atom. The van der Waals surface area contributed by atoms with Gasteiger partial charge in [0.25, 0.3) is 0 Å². The molecule has 1 amide bonds. The monoisotopic (exact) mass is 279 g/mol. The first kappa shape index (κ1) is 12.5. The fourth-order valence-electron chi connectivity index (χ4n) is 3.15. The molecule has 1 fully saturated rings. The highest BCUT2D eigenvalue weighted by Gasteiger charge is 2.52. The van der Waals surface area contributed by atoms with Gasteiger partial charge in [0.05, 0.1) is 16.9 Å². The molecule has 0 atom stereocenters. The van der Waals surface area contributed by atoms with E-state index in [1.807, 2.05) is 9.47 Å². The highest BCUT2D eigenvalue weighted by Crippen LogP contribution is 2.47. The first-order chi connectivity index (χ1) is 9.03. The van der Waals surface area contributed by atoms with Gasteiger partial charge < -0.3 is 15.2 Å². The average molecular weight is 279 g/mol. The van der Waals surface area contributed by atoms with Gasteiger partial charge in [-0.05, 0) is 18.8 Å². The highest BCUT2D eigenvalue weighted by atomic mass is 32.1. The van der Waals surface area contributed by atoms with Crippen LogP contribution >= 0.6 is 12.2 Å². The number of fused-ring (bicyclic) bond motifs is 1. The van der Waals surface area contributed by atoms with Crippen LogP contribution < -0.4 is 5.73 Å². The fourth-order valence-corrected chi connectivity index (χ4v) is 3.41. The van der Waals surface area contributed by atoms with Crippen LogP contribution in [-0.4, -0.2) is 37.1 Å². The van der Waals surface area contributed by atoms with Crippen LogP contribution in [0.5, 0.6) is 0 Å². The van der Waals surface area contributed by atoms with Gasteiger partial charge in [0.15, 0.2) is 5.82 Å². The average Bonchev–Trinajstić information content (AvgIpc) is 2.80. The molecule has 0 radical (unpaired) electrons. The molecule has 1 saturated carbocycles. The van der Waals surface area contributed by atoms with E-state index in [-0.39, 0.29) is 5.91 Å². The normalized spacial score (nSPS) is 29.5. The first-order valence-corrected chi connectivity index (χ1v) is 6.90. The molecule has 2 N–H and O–H groups in total. The molecule has 0 unspecified atom stereocenters. The van der Waals surface area contributed by atoms with Crippen LogP contribution in [0.15, 0.2) is 6.33 Å². The number of hydrogen-bond donors (Lipinski definition) is 1. The second-order valence-electron chi connectivity index (χ2n) is 5.63. The van der Waals surface area contributed by atoms with Gasteiger partial charge in [-0.3, -0.25) is 4.79 Å². The summed E-state index contributed by atoms with van der Waals surface area (Å²) in [6.07, 6.45) is 3.24. The Morgan fingerprint density at radius 2 is 2.26 bits per heavy atom. The van der Waals surface area contributed by atoms with Gasteiger partial charge in [-0.1, -0.05) is 19.1 Å². The number of carbonyl (C=O) groups excluding carboxylic acids is 1. The van der Waals surface area contributed by atoms with Crippen molar-refractivity contribution in [2.45, 2.75) is 32.9 Å². The summed E-state index contributed by atoms with van der Waals surface area (Å²) in [4.78, 5) is 14.9. The number of hydrogen-bond acceptors (Lipinski definition) is 4. The van der Waals surface area contributed by atoms with Gasteiger partial charge in [-0.15, -0.1) is 10.2 Å². The summed E-state index contributed by atoms with van der Waals surface area (Å²) in [5, 5.41) is 7.90. The van der Waals surface area contributed by atoms with Crippen molar-refractivity contribution in [3.8, 4) is 0 Å². The van der Waals surface area contributed by atoms with Crippen LogP contribution in [0.3, 0.4) is 0 Å². The Morgan fingerprint density at radius 1 is 1.53 bits per heavy atom. The lowest BCUT2D eigenvalue weighted by Crippen LogP contribution is -2.57. The van der Waals surface area contributed by atoms with Crippen LogP contribution in [0.25, 0.3) is 0 Å². The van der Waals surface area contributed by atoms with E-state index in [4.69, 9.17) is 18.0 Å². The summed E-state index contributed by atoms with van der Waals surface area (Å²) in [6, 6.07) is 0. The molecule has 0 spiro atoms. The number of nitrogens with zero attached hydrogens (tertiary/aromatic N) is 4. The van der Waals surface area contributed by atoms with Gasteiger partial charge >= 0.3 is 0 Å². The number of amides is 1. The maximum atomic E-state index is 12.7. The molecule has 2 heterocycles. The highest BCUT2D eigenvalue weighted by molar-refractivity contribution is 7.80. The van der Waals surface area contributed by atoms with Crippen LogP contribution in [0, 0.1) is 11.3 Å². The predicted molar refractivity (Wildman–Crippen MR) is 73.1 cm³/mol. The molecule has 102 valence electrons. The maximum absolute atomic E-state index is 12.7. The Labute approximate surface area is 117 Å². The molecule has 19 heavy (non-hydrogen) atoms. The number of nitrogens with two attached hydrogens (primary N) is 1. The summed E-state index contributed by atoms with van der Waals surface area (Å²) >= 11 is 5.14. The lowest BCUT2D eigenvalue weighted by molar-refractivity contribution is -0.145. The zero-order chi connectivity index (χ0) is 13.6. The Bertz CT molecular complexity index is 534. The van der Waals surface area contributed by atoms with Crippen LogP contribution in [-0.2, 0) is 17.9 Å². The number of rotatable bonds is 2. The van der Waals surface area contributed by atoms with Crippen molar-refractivity contribution in [3.05, 3.63) is 12.2 Å². The van der Waals surface area contributed by atoms with Crippen molar-refractivity contribution in [3.63, 3.8) is 0 Å². The summed E-state index contributed by atoms with van der Waals surface area (Å²) in [6.45, 7) is 4.02. The van der Waals surface area contributed by atoms with Crippen LogP contribution in [0.1, 0.15) is 25.6 Å². The maximum Gasteiger partial charge on any atom is 0.236 e. The van der Waals surface area contributed by atoms with Crippen LogP contribution in [0.4, 0.5) is 0 Å². The summed E-state index contributed by atoms with van der Waals surface area (Å²) in [5.74, 6) is 1.40. The van der Waals surface area contributed by atoms with E-state index >= 15 is 0 Å². The number of aromatic nitrogens is 3. The largest absolute Gasteiger partial charge is 0.392 e. The Hall–Kier alpha value is -1.50. The van der Waals surface area contributed by atoms with Crippen molar-refractivity contribution >= 4 is 23.1 Å². The minimum Gasteiger partial charge on any atom is -0.392 e. The molecular weight excluding hydrogens is 262 g/mol. The third kappa shape index (κ3) is 1.83. The second kappa shape index (κ2) is 4.26. The zero-order valence-corrected chi connectivity index (χ0v) is 11.7. The van der Waals surface area contributed by atoms with Gasteiger partial charge in [-0.2, -0.15) is 0 Å². The molecule has 0 bridgehead atoms. The third-order valence-electron chi connectivity index (χ3n) is 4.20. The third-order valence-corrected chi connectivity index (χ3v) is 4.59. The molecule has 2 aliphatic rings. The minimum atomic E-state index is -0.614. The number of thiocarbonyl (C=S) groups is 1. The summed E-state index contributed by atoms with van der Waals surface area (Å²) in [5.41, 5.74) is 5.21. The van der Waals surface area contributed by atoms with E-state index in [2.05, 4.69) is 17.1 Å². The standard InChI is InChI=1S/C12H17N5OS/c1-8-4-12(5-8,10(13)19)11(18)16-2-3-17-7-14-15-9(17)6-16/h7-8H,2-6H2,1H3,(H2,13,19). The first-order valence-electron chi connectivity index (χ1n) is 6.49. The molecule has 1 aromatic rings. The molecule has 1 aliphatic carbocycles. The van der Waals surface area contributed by atoms with E-state index in [1.165, 1.54) is 0 Å².